The van der Waals surface area contributed by atoms with Crippen molar-refractivity contribution in [2.24, 2.45) is 5.73 Å². The summed E-state index contributed by atoms with van der Waals surface area (Å²) in [5, 5.41) is 6.01. The summed E-state index contributed by atoms with van der Waals surface area (Å²) in [5.74, 6) is -0.783. The van der Waals surface area contributed by atoms with E-state index in [1.165, 1.54) is 23.1 Å². The van der Waals surface area contributed by atoms with E-state index in [1.54, 1.807) is 22.1 Å². The lowest BCUT2D eigenvalue weighted by Crippen LogP contribution is -2.27. The van der Waals surface area contributed by atoms with Gasteiger partial charge < -0.3 is 11.1 Å². The van der Waals surface area contributed by atoms with Gasteiger partial charge in [-0.15, -0.1) is 11.3 Å². The van der Waals surface area contributed by atoms with Gasteiger partial charge in [0.15, 0.2) is 5.16 Å². The molecule has 0 bridgehead atoms. The van der Waals surface area contributed by atoms with Crippen molar-refractivity contribution in [1.29, 1.82) is 0 Å². The topological polar surface area (TPSA) is 107 Å². The van der Waals surface area contributed by atoms with Crippen molar-refractivity contribution in [2.75, 3.05) is 11.1 Å². The molecule has 1 saturated carbocycles. The van der Waals surface area contributed by atoms with Gasteiger partial charge in [-0.2, -0.15) is 0 Å². The standard InChI is InChI=1S/C20H20N4O3S2/c21-17(26)14-9-10-28-18(14)23-16(25)11-29-20-22-15-8-4-3-7-13(15)19(27)24(20)12-5-1-2-6-12/h3-4,7-10,12H,1-2,5-6,11H2,(H2,21,26)(H,23,25). The molecule has 4 rings (SSSR count). The van der Waals surface area contributed by atoms with Gasteiger partial charge in [-0.05, 0) is 36.4 Å². The number of benzene rings is 1. The summed E-state index contributed by atoms with van der Waals surface area (Å²) in [6, 6.07) is 8.98. The van der Waals surface area contributed by atoms with Crippen molar-refractivity contribution in [3.8, 4) is 0 Å². The average Bonchev–Trinajstić information content (AvgIpc) is 3.38. The predicted molar refractivity (Wildman–Crippen MR) is 116 cm³/mol. The van der Waals surface area contributed by atoms with E-state index in [0.29, 0.717) is 26.6 Å². The summed E-state index contributed by atoms with van der Waals surface area (Å²) < 4.78 is 1.76. The van der Waals surface area contributed by atoms with Crippen LogP contribution in [0.3, 0.4) is 0 Å². The molecule has 0 aliphatic heterocycles. The van der Waals surface area contributed by atoms with Crippen molar-refractivity contribution < 1.29 is 9.59 Å². The Balaban J connectivity index is 1.59. The molecule has 1 aromatic carbocycles. The van der Waals surface area contributed by atoms with Crippen LogP contribution >= 0.6 is 23.1 Å². The fourth-order valence-corrected chi connectivity index (χ4v) is 5.28. The van der Waals surface area contributed by atoms with E-state index in [1.807, 2.05) is 18.2 Å². The zero-order valence-corrected chi connectivity index (χ0v) is 17.2. The van der Waals surface area contributed by atoms with Crippen molar-refractivity contribution in [3.05, 3.63) is 51.6 Å². The first-order chi connectivity index (χ1) is 14.0. The van der Waals surface area contributed by atoms with Gasteiger partial charge >= 0.3 is 0 Å². The molecular weight excluding hydrogens is 408 g/mol. The molecule has 9 heteroatoms. The monoisotopic (exact) mass is 428 g/mol. The highest BCUT2D eigenvalue weighted by Crippen LogP contribution is 2.32. The number of para-hydroxylation sites is 1. The first-order valence-corrected chi connectivity index (χ1v) is 11.2. The van der Waals surface area contributed by atoms with Gasteiger partial charge in [-0.3, -0.25) is 19.0 Å². The number of primary amides is 1. The van der Waals surface area contributed by atoms with Gasteiger partial charge in [-0.1, -0.05) is 36.7 Å². The smallest absolute Gasteiger partial charge is 0.262 e. The van der Waals surface area contributed by atoms with Gasteiger partial charge in [0.25, 0.3) is 11.5 Å². The molecule has 29 heavy (non-hydrogen) atoms. The van der Waals surface area contributed by atoms with Crippen LogP contribution in [0.15, 0.2) is 45.7 Å². The van der Waals surface area contributed by atoms with E-state index in [0.717, 1.165) is 25.7 Å². The molecular formula is C20H20N4O3S2. The van der Waals surface area contributed by atoms with Crippen LogP contribution in [0.2, 0.25) is 0 Å². The van der Waals surface area contributed by atoms with Gasteiger partial charge in [0.05, 0.1) is 22.2 Å². The lowest BCUT2D eigenvalue weighted by Gasteiger charge is -2.18. The third kappa shape index (κ3) is 4.06. The SMILES string of the molecule is NC(=O)c1ccsc1NC(=O)CSc1nc2ccccc2c(=O)n1C1CCCC1. The maximum atomic E-state index is 13.1. The van der Waals surface area contributed by atoms with E-state index in [2.05, 4.69) is 10.3 Å². The number of hydrogen-bond donors (Lipinski definition) is 2. The van der Waals surface area contributed by atoms with E-state index in [-0.39, 0.29) is 23.3 Å². The second-order valence-corrected chi connectivity index (χ2v) is 8.75. The molecule has 0 radical (unpaired) electrons. The van der Waals surface area contributed by atoms with E-state index in [4.69, 9.17) is 5.73 Å². The molecule has 0 saturated heterocycles. The van der Waals surface area contributed by atoms with Gasteiger partial charge in [0.2, 0.25) is 5.91 Å². The Morgan fingerprint density at radius 2 is 2.00 bits per heavy atom. The van der Waals surface area contributed by atoms with Crippen molar-refractivity contribution in [1.82, 2.24) is 9.55 Å². The van der Waals surface area contributed by atoms with Crippen molar-refractivity contribution in [3.63, 3.8) is 0 Å². The molecule has 3 N–H and O–H groups in total. The van der Waals surface area contributed by atoms with Crippen LogP contribution in [0.1, 0.15) is 42.1 Å². The van der Waals surface area contributed by atoms with E-state index < -0.39 is 5.91 Å². The number of nitrogens with one attached hydrogen (secondary N) is 1. The highest BCUT2D eigenvalue weighted by Gasteiger charge is 2.23. The van der Waals surface area contributed by atoms with Crippen LogP contribution < -0.4 is 16.6 Å². The maximum absolute atomic E-state index is 13.1. The number of thioether (sulfide) groups is 1. The van der Waals surface area contributed by atoms with Crippen LogP contribution in [0.4, 0.5) is 5.00 Å². The number of carbonyl (C=O) groups excluding carboxylic acids is 2. The molecule has 2 aromatic heterocycles. The molecule has 0 unspecified atom stereocenters. The summed E-state index contributed by atoms with van der Waals surface area (Å²) in [6.45, 7) is 0. The van der Waals surface area contributed by atoms with Crippen LogP contribution in [0.25, 0.3) is 10.9 Å². The van der Waals surface area contributed by atoms with Gasteiger partial charge in [0.1, 0.15) is 5.00 Å². The van der Waals surface area contributed by atoms with Crippen molar-refractivity contribution >= 4 is 50.8 Å². The molecule has 0 atom stereocenters. The Hall–Kier alpha value is -2.65. The number of nitrogens with two attached hydrogens (primary N) is 1. The number of thiophene rings is 1. The number of rotatable bonds is 6. The third-order valence-corrected chi connectivity index (χ3v) is 6.76. The summed E-state index contributed by atoms with van der Waals surface area (Å²) >= 11 is 2.48. The minimum Gasteiger partial charge on any atom is -0.366 e. The molecule has 1 aliphatic rings. The average molecular weight is 429 g/mol. The Kier molecular flexibility index (Phi) is 5.68. The zero-order chi connectivity index (χ0) is 20.4. The molecule has 3 aromatic rings. The Morgan fingerprint density at radius 1 is 1.24 bits per heavy atom. The van der Waals surface area contributed by atoms with E-state index >= 15 is 0 Å². The Bertz CT molecular complexity index is 1130. The largest absolute Gasteiger partial charge is 0.366 e. The molecule has 7 nitrogen and oxygen atoms in total. The molecule has 2 amide bonds. The number of amides is 2. The van der Waals surface area contributed by atoms with Gasteiger partial charge in [-0.25, -0.2) is 4.98 Å². The second kappa shape index (κ2) is 8.38. The Morgan fingerprint density at radius 3 is 2.76 bits per heavy atom. The number of aromatic nitrogens is 2. The first-order valence-electron chi connectivity index (χ1n) is 9.36. The Labute approximate surface area is 175 Å². The second-order valence-electron chi connectivity index (χ2n) is 6.89. The molecule has 1 aliphatic carbocycles. The van der Waals surface area contributed by atoms with Crippen molar-refractivity contribution in [2.45, 2.75) is 36.9 Å². The highest BCUT2D eigenvalue weighted by atomic mass is 32.2. The number of hydrogen-bond acceptors (Lipinski definition) is 6. The molecule has 2 heterocycles. The zero-order valence-electron chi connectivity index (χ0n) is 15.6. The normalized spacial score (nSPS) is 14.3. The number of carbonyl (C=O) groups is 2. The number of fused-ring (bicyclic) bond motifs is 1. The fourth-order valence-electron chi connectivity index (χ4n) is 3.60. The molecule has 1 fully saturated rings. The van der Waals surface area contributed by atoms with Crippen LogP contribution in [-0.4, -0.2) is 27.1 Å². The summed E-state index contributed by atoms with van der Waals surface area (Å²) in [5.41, 5.74) is 6.19. The fraction of sp³-hybridized carbons (Fsp3) is 0.300. The first kappa shape index (κ1) is 19.7. The summed E-state index contributed by atoms with van der Waals surface area (Å²) in [4.78, 5) is 41.7. The minimum atomic E-state index is -0.583. The number of anilines is 1. The third-order valence-electron chi connectivity index (χ3n) is 4.98. The molecule has 150 valence electrons. The van der Waals surface area contributed by atoms with E-state index in [9.17, 15) is 14.4 Å². The van der Waals surface area contributed by atoms with Crippen LogP contribution in [-0.2, 0) is 4.79 Å². The highest BCUT2D eigenvalue weighted by molar-refractivity contribution is 7.99. The van der Waals surface area contributed by atoms with Crippen LogP contribution in [0.5, 0.6) is 0 Å². The lowest BCUT2D eigenvalue weighted by molar-refractivity contribution is -0.113. The number of nitrogens with zero attached hydrogens (tertiary/aromatic N) is 2. The summed E-state index contributed by atoms with van der Waals surface area (Å²) in [6.07, 6.45) is 4.05. The van der Waals surface area contributed by atoms with Gasteiger partial charge in [0, 0.05) is 6.04 Å². The molecule has 0 spiro atoms. The van der Waals surface area contributed by atoms with Crippen LogP contribution in [0, 0.1) is 0 Å². The maximum Gasteiger partial charge on any atom is 0.262 e. The minimum absolute atomic E-state index is 0.0559. The predicted octanol–water partition coefficient (Wildman–Crippen LogP) is 3.40. The quantitative estimate of drug-likeness (QED) is 0.462. The lowest BCUT2D eigenvalue weighted by atomic mass is 10.2. The summed E-state index contributed by atoms with van der Waals surface area (Å²) in [7, 11) is 0.